The second kappa shape index (κ2) is 8.85. The molecule has 1 atom stereocenters. The van der Waals surface area contributed by atoms with Crippen molar-refractivity contribution in [3.8, 4) is 0 Å². The van der Waals surface area contributed by atoms with Crippen LogP contribution in [0.2, 0.25) is 0 Å². The average Bonchev–Trinajstić information content (AvgIpc) is 2.46. The van der Waals surface area contributed by atoms with Crippen LogP contribution in [0.1, 0.15) is 18.4 Å². The topological polar surface area (TPSA) is 75.3 Å². The van der Waals surface area contributed by atoms with Crippen LogP contribution in [0.25, 0.3) is 0 Å². The molecule has 0 heterocycles. The van der Waals surface area contributed by atoms with Crippen LogP contribution in [0.4, 0.5) is 4.39 Å². The monoisotopic (exact) mass is 330 g/mol. The molecule has 0 aliphatic heterocycles. The maximum atomic E-state index is 13.0. The van der Waals surface area contributed by atoms with E-state index in [-0.39, 0.29) is 10.8 Å². The predicted molar refractivity (Wildman–Crippen MR) is 84.3 cm³/mol. The fourth-order valence-corrected chi connectivity index (χ4v) is 2.66. The van der Waals surface area contributed by atoms with Gasteiger partial charge >= 0.3 is 0 Å². The van der Waals surface area contributed by atoms with E-state index in [9.17, 15) is 17.6 Å². The van der Waals surface area contributed by atoms with E-state index in [1.165, 1.54) is 12.1 Å². The zero-order valence-corrected chi connectivity index (χ0v) is 13.7. The molecule has 124 valence electrons. The van der Waals surface area contributed by atoms with Gasteiger partial charge in [-0.3, -0.25) is 4.79 Å². The van der Waals surface area contributed by atoms with E-state index in [1.54, 1.807) is 12.1 Å². The van der Waals surface area contributed by atoms with E-state index in [0.29, 0.717) is 19.3 Å². The fraction of sp³-hybridized carbons (Fsp3) is 0.533. The number of sulfone groups is 1. The molecule has 0 aromatic heterocycles. The van der Waals surface area contributed by atoms with Crippen molar-refractivity contribution < 1.29 is 17.6 Å². The first-order valence-electron chi connectivity index (χ1n) is 7.15. The molecule has 1 aromatic rings. The number of benzene rings is 1. The highest BCUT2D eigenvalue weighted by Crippen LogP contribution is 2.12. The Balaban J connectivity index is 2.57. The standard InChI is InChI=1S/C15H23FN2O3S/c1-17-9-3-4-15(19)18-13(11-16)10-12-5-7-14(8-6-12)22(2,20)21/h5-8,13,17H,3-4,9-11H2,1-2H3,(H,18,19)/t13-/m0/s1. The fourth-order valence-electron chi connectivity index (χ4n) is 2.03. The van der Waals surface area contributed by atoms with Crippen LogP contribution in [0.5, 0.6) is 0 Å². The molecule has 22 heavy (non-hydrogen) atoms. The molecular formula is C15H23FN2O3S. The third kappa shape index (κ3) is 6.53. The van der Waals surface area contributed by atoms with Gasteiger partial charge in [-0.15, -0.1) is 0 Å². The van der Waals surface area contributed by atoms with Crippen molar-refractivity contribution in [2.45, 2.75) is 30.2 Å². The first-order valence-corrected chi connectivity index (χ1v) is 9.05. The molecule has 0 unspecified atom stereocenters. The molecule has 0 saturated carbocycles. The molecule has 1 aromatic carbocycles. The minimum absolute atomic E-state index is 0.175. The SMILES string of the molecule is CNCCCC(=O)N[C@H](CF)Cc1ccc(S(C)(=O)=O)cc1. The Kier molecular flexibility index (Phi) is 7.47. The summed E-state index contributed by atoms with van der Waals surface area (Å²) in [7, 11) is -1.43. The minimum Gasteiger partial charge on any atom is -0.350 e. The second-order valence-electron chi connectivity index (χ2n) is 5.25. The molecule has 0 aliphatic rings. The van der Waals surface area contributed by atoms with Gasteiger partial charge in [-0.1, -0.05) is 12.1 Å². The maximum Gasteiger partial charge on any atom is 0.220 e. The van der Waals surface area contributed by atoms with Gasteiger partial charge in [0.25, 0.3) is 0 Å². The van der Waals surface area contributed by atoms with Crippen LogP contribution in [-0.4, -0.2) is 46.9 Å². The Bertz CT molecular complexity index is 573. The van der Waals surface area contributed by atoms with Crippen LogP contribution in [0, 0.1) is 0 Å². The van der Waals surface area contributed by atoms with Crippen molar-refractivity contribution in [3.63, 3.8) is 0 Å². The Labute approximate surface area is 131 Å². The van der Waals surface area contributed by atoms with Crippen molar-refractivity contribution >= 4 is 15.7 Å². The highest BCUT2D eigenvalue weighted by molar-refractivity contribution is 7.90. The van der Waals surface area contributed by atoms with Crippen molar-refractivity contribution in [3.05, 3.63) is 29.8 Å². The summed E-state index contributed by atoms with van der Waals surface area (Å²) in [6.45, 7) is 0.0757. The Morgan fingerprint density at radius 3 is 2.41 bits per heavy atom. The Morgan fingerprint density at radius 1 is 1.27 bits per heavy atom. The average molecular weight is 330 g/mol. The van der Waals surface area contributed by atoms with Gasteiger partial charge in [-0.05, 0) is 44.1 Å². The van der Waals surface area contributed by atoms with Gasteiger partial charge < -0.3 is 10.6 Å². The molecule has 2 N–H and O–H groups in total. The first-order chi connectivity index (χ1) is 10.4. The van der Waals surface area contributed by atoms with Crippen molar-refractivity contribution in [1.82, 2.24) is 10.6 Å². The third-order valence-corrected chi connectivity index (χ3v) is 4.34. The summed E-state index contributed by atoms with van der Waals surface area (Å²) in [6, 6.07) is 5.69. The van der Waals surface area contributed by atoms with E-state index in [2.05, 4.69) is 10.6 Å². The molecule has 0 bridgehead atoms. The molecule has 1 rings (SSSR count). The minimum atomic E-state index is -3.24. The van der Waals surface area contributed by atoms with Crippen molar-refractivity contribution in [2.24, 2.45) is 0 Å². The van der Waals surface area contributed by atoms with E-state index >= 15 is 0 Å². The van der Waals surface area contributed by atoms with Crippen LogP contribution in [0.15, 0.2) is 29.2 Å². The summed E-state index contributed by atoms with van der Waals surface area (Å²) in [5.41, 5.74) is 0.783. The largest absolute Gasteiger partial charge is 0.350 e. The molecule has 0 aliphatic carbocycles. The summed E-state index contributed by atoms with van der Waals surface area (Å²) >= 11 is 0. The quantitative estimate of drug-likeness (QED) is 0.665. The number of rotatable bonds is 9. The molecule has 0 fully saturated rings. The van der Waals surface area contributed by atoms with Gasteiger partial charge in [0.15, 0.2) is 9.84 Å². The second-order valence-corrected chi connectivity index (χ2v) is 7.26. The number of alkyl halides is 1. The summed E-state index contributed by atoms with van der Waals surface area (Å²) in [6.07, 6.45) is 2.52. The number of carbonyl (C=O) groups is 1. The van der Waals surface area contributed by atoms with Crippen LogP contribution >= 0.6 is 0 Å². The molecule has 5 nitrogen and oxygen atoms in total. The summed E-state index contributed by atoms with van der Waals surface area (Å²) in [4.78, 5) is 11.9. The maximum absolute atomic E-state index is 13.0. The van der Waals surface area contributed by atoms with Crippen LogP contribution < -0.4 is 10.6 Å². The van der Waals surface area contributed by atoms with E-state index in [4.69, 9.17) is 0 Å². The van der Waals surface area contributed by atoms with Gasteiger partial charge in [-0.25, -0.2) is 12.8 Å². The van der Waals surface area contributed by atoms with Gasteiger partial charge in [0, 0.05) is 12.7 Å². The van der Waals surface area contributed by atoms with Gasteiger partial charge in [0.1, 0.15) is 6.67 Å². The Morgan fingerprint density at radius 2 is 1.91 bits per heavy atom. The van der Waals surface area contributed by atoms with E-state index in [1.807, 2.05) is 7.05 Å². The summed E-state index contributed by atoms with van der Waals surface area (Å²) in [5.74, 6) is -0.175. The normalized spacial score (nSPS) is 12.9. The van der Waals surface area contributed by atoms with E-state index < -0.39 is 22.6 Å². The summed E-state index contributed by atoms with van der Waals surface area (Å²) < 4.78 is 35.8. The highest BCUT2D eigenvalue weighted by atomic mass is 32.2. The lowest BCUT2D eigenvalue weighted by Crippen LogP contribution is -2.38. The Hall–Kier alpha value is -1.47. The number of hydrogen-bond donors (Lipinski definition) is 2. The lowest BCUT2D eigenvalue weighted by atomic mass is 10.1. The molecule has 0 radical (unpaired) electrons. The lowest BCUT2D eigenvalue weighted by Gasteiger charge is -2.15. The molecule has 7 heteroatoms. The molecule has 0 spiro atoms. The van der Waals surface area contributed by atoms with Crippen LogP contribution in [-0.2, 0) is 21.1 Å². The van der Waals surface area contributed by atoms with Crippen molar-refractivity contribution in [1.29, 1.82) is 0 Å². The molecule has 0 saturated heterocycles. The number of nitrogens with one attached hydrogen (secondary N) is 2. The molecule has 1 amide bonds. The number of hydrogen-bond acceptors (Lipinski definition) is 4. The van der Waals surface area contributed by atoms with E-state index in [0.717, 1.165) is 18.4 Å². The summed E-state index contributed by atoms with van der Waals surface area (Å²) in [5, 5.41) is 5.60. The number of amides is 1. The number of halogens is 1. The number of carbonyl (C=O) groups excluding carboxylic acids is 1. The van der Waals surface area contributed by atoms with Gasteiger partial charge in [-0.2, -0.15) is 0 Å². The lowest BCUT2D eigenvalue weighted by molar-refractivity contribution is -0.122. The molecular weight excluding hydrogens is 307 g/mol. The predicted octanol–water partition coefficient (Wildman–Crippen LogP) is 1.09. The zero-order chi connectivity index (χ0) is 16.6. The smallest absolute Gasteiger partial charge is 0.220 e. The van der Waals surface area contributed by atoms with Gasteiger partial charge in [0.2, 0.25) is 5.91 Å². The zero-order valence-electron chi connectivity index (χ0n) is 12.9. The van der Waals surface area contributed by atoms with Gasteiger partial charge in [0.05, 0.1) is 10.9 Å². The van der Waals surface area contributed by atoms with Crippen LogP contribution in [0.3, 0.4) is 0 Å². The van der Waals surface area contributed by atoms with Crippen molar-refractivity contribution in [2.75, 3.05) is 26.5 Å². The highest BCUT2D eigenvalue weighted by Gasteiger charge is 2.13. The third-order valence-electron chi connectivity index (χ3n) is 3.22. The first kappa shape index (κ1) is 18.6.